The highest BCUT2D eigenvalue weighted by Gasteiger charge is 2.22. The highest BCUT2D eigenvalue weighted by Crippen LogP contribution is 2.31. The summed E-state index contributed by atoms with van der Waals surface area (Å²) in [6.45, 7) is 0.0814. The average molecular weight is 355 g/mol. The van der Waals surface area contributed by atoms with Gasteiger partial charge in [0.1, 0.15) is 0 Å². The molecule has 0 aromatic heterocycles. The molecule has 0 saturated carbocycles. The number of benzene rings is 2. The maximum Gasteiger partial charge on any atom is 0.310 e. The Kier molecular flexibility index (Phi) is 5.36. The fourth-order valence-corrected chi connectivity index (χ4v) is 3.23. The number of rotatable bonds is 6. The number of aryl methyl sites for hydroxylation is 1. The number of hydrogen-bond donors (Lipinski definition) is 2. The second-order valence-electron chi connectivity index (χ2n) is 6.29. The molecule has 0 radical (unpaired) electrons. The molecule has 3 N–H and O–H groups in total. The van der Waals surface area contributed by atoms with Crippen molar-refractivity contribution in [3.05, 3.63) is 63.7 Å². The second kappa shape index (κ2) is 7.86. The van der Waals surface area contributed by atoms with E-state index in [1.807, 2.05) is 18.2 Å². The van der Waals surface area contributed by atoms with Gasteiger partial charge in [0, 0.05) is 11.8 Å². The van der Waals surface area contributed by atoms with E-state index in [2.05, 4.69) is 5.32 Å². The van der Waals surface area contributed by atoms with Crippen molar-refractivity contribution in [1.82, 2.24) is 5.32 Å². The summed E-state index contributed by atoms with van der Waals surface area (Å²) in [5.41, 5.74) is 8.74. The van der Waals surface area contributed by atoms with Crippen LogP contribution in [-0.2, 0) is 11.2 Å². The molecule has 1 amide bonds. The van der Waals surface area contributed by atoms with Crippen molar-refractivity contribution in [2.75, 3.05) is 12.3 Å². The molecule has 1 aliphatic rings. The van der Waals surface area contributed by atoms with Gasteiger partial charge in [0.15, 0.2) is 5.75 Å². The highest BCUT2D eigenvalue weighted by molar-refractivity contribution is 5.76. The molecular weight excluding hydrogens is 334 g/mol. The predicted octanol–water partition coefficient (Wildman–Crippen LogP) is 3.14. The van der Waals surface area contributed by atoms with Crippen LogP contribution in [0.15, 0.2) is 42.5 Å². The largest absolute Gasteiger partial charge is 0.486 e. The smallest absolute Gasteiger partial charge is 0.310 e. The van der Waals surface area contributed by atoms with Crippen molar-refractivity contribution in [1.29, 1.82) is 0 Å². The van der Waals surface area contributed by atoms with Crippen LogP contribution >= 0.6 is 0 Å². The molecule has 136 valence electrons. The number of nitrogens with two attached hydrogens (primary N) is 1. The maximum absolute atomic E-state index is 12.2. The number of anilines is 1. The van der Waals surface area contributed by atoms with Gasteiger partial charge in [0.05, 0.1) is 24.0 Å². The fraction of sp³-hybridized carbons (Fsp3) is 0.316. The average Bonchev–Trinajstić information content (AvgIpc) is 2.62. The molecule has 7 nitrogen and oxygen atoms in total. The number of fused-ring (bicyclic) bond motifs is 1. The maximum atomic E-state index is 12.2. The van der Waals surface area contributed by atoms with Gasteiger partial charge in [-0.2, -0.15) is 0 Å². The quantitative estimate of drug-likeness (QED) is 0.470. The van der Waals surface area contributed by atoms with Gasteiger partial charge in [0.2, 0.25) is 5.91 Å². The van der Waals surface area contributed by atoms with Crippen LogP contribution < -0.4 is 15.8 Å². The number of nitro benzene ring substituents is 1. The van der Waals surface area contributed by atoms with Gasteiger partial charge < -0.3 is 15.8 Å². The van der Waals surface area contributed by atoms with Crippen LogP contribution in [0.1, 0.15) is 36.4 Å². The van der Waals surface area contributed by atoms with Gasteiger partial charge >= 0.3 is 5.69 Å². The second-order valence-corrected chi connectivity index (χ2v) is 6.29. The summed E-state index contributed by atoms with van der Waals surface area (Å²) < 4.78 is 5.42. The van der Waals surface area contributed by atoms with E-state index >= 15 is 0 Å². The topological polar surface area (TPSA) is 107 Å². The Bertz CT molecular complexity index is 822. The van der Waals surface area contributed by atoms with E-state index < -0.39 is 4.92 Å². The van der Waals surface area contributed by atoms with Crippen LogP contribution in [0.4, 0.5) is 11.4 Å². The Balaban J connectivity index is 1.55. The van der Waals surface area contributed by atoms with E-state index in [0.29, 0.717) is 0 Å². The number of nitrogens with zero attached hydrogens (tertiary/aromatic N) is 1. The summed E-state index contributed by atoms with van der Waals surface area (Å²) in [5, 5.41) is 14.0. The van der Waals surface area contributed by atoms with E-state index in [4.69, 9.17) is 10.5 Å². The molecule has 0 heterocycles. The lowest BCUT2D eigenvalue weighted by molar-refractivity contribution is -0.385. The first-order chi connectivity index (χ1) is 12.5. The van der Waals surface area contributed by atoms with Crippen molar-refractivity contribution >= 4 is 17.3 Å². The number of ether oxygens (including phenoxy) is 1. The lowest BCUT2D eigenvalue weighted by atomic mass is 9.87. The van der Waals surface area contributed by atoms with E-state index in [1.54, 1.807) is 12.1 Å². The van der Waals surface area contributed by atoms with E-state index in [1.165, 1.54) is 17.7 Å². The van der Waals surface area contributed by atoms with Crippen LogP contribution in [0.25, 0.3) is 0 Å². The minimum atomic E-state index is -0.500. The molecule has 0 saturated heterocycles. The third-order valence-corrected chi connectivity index (χ3v) is 4.47. The zero-order valence-electron chi connectivity index (χ0n) is 14.3. The number of carbonyl (C=O) groups is 1. The lowest BCUT2D eigenvalue weighted by Gasteiger charge is -2.26. The van der Waals surface area contributed by atoms with Crippen LogP contribution in [0.3, 0.4) is 0 Å². The first-order valence-corrected chi connectivity index (χ1v) is 8.58. The number of hydrogen-bond acceptors (Lipinski definition) is 5. The molecule has 0 spiro atoms. The lowest BCUT2D eigenvalue weighted by Crippen LogP contribution is -2.31. The standard InChI is InChI=1S/C19H21N3O4/c20-14-8-9-15-13(12-14)4-3-5-16(15)21-19(23)10-11-26-18-7-2-1-6-17(18)22(24)25/h1-2,6-9,12,16H,3-5,10-11,20H2,(H,21,23). The Hall–Kier alpha value is -3.09. The van der Waals surface area contributed by atoms with Crippen molar-refractivity contribution in [3.63, 3.8) is 0 Å². The van der Waals surface area contributed by atoms with E-state index in [-0.39, 0.29) is 36.4 Å². The first-order valence-electron chi connectivity index (χ1n) is 8.58. The summed E-state index contributed by atoms with van der Waals surface area (Å²) in [6.07, 6.45) is 2.97. The van der Waals surface area contributed by atoms with E-state index in [9.17, 15) is 14.9 Å². The molecule has 1 unspecified atom stereocenters. The van der Waals surface area contributed by atoms with Crippen LogP contribution in [0.5, 0.6) is 5.75 Å². The highest BCUT2D eigenvalue weighted by atomic mass is 16.6. The monoisotopic (exact) mass is 355 g/mol. The summed E-state index contributed by atoms with van der Waals surface area (Å²) in [6, 6.07) is 11.9. The zero-order valence-corrected chi connectivity index (χ0v) is 14.3. The number of nitrogens with one attached hydrogen (secondary N) is 1. The summed E-state index contributed by atoms with van der Waals surface area (Å²) >= 11 is 0. The fourth-order valence-electron chi connectivity index (χ4n) is 3.23. The Morgan fingerprint density at radius 1 is 1.31 bits per heavy atom. The molecule has 1 aliphatic carbocycles. The van der Waals surface area contributed by atoms with Crippen molar-refractivity contribution in [2.45, 2.75) is 31.7 Å². The van der Waals surface area contributed by atoms with Crippen LogP contribution in [0.2, 0.25) is 0 Å². The summed E-state index contributed by atoms with van der Waals surface area (Å²) in [4.78, 5) is 22.7. The number of nitro groups is 1. The molecular formula is C19H21N3O4. The predicted molar refractivity (Wildman–Crippen MR) is 97.9 cm³/mol. The molecule has 2 aromatic carbocycles. The Labute approximate surface area is 151 Å². The van der Waals surface area contributed by atoms with Crippen molar-refractivity contribution in [3.8, 4) is 5.75 Å². The number of para-hydroxylation sites is 2. The molecule has 3 rings (SSSR count). The van der Waals surface area contributed by atoms with Gasteiger partial charge in [-0.15, -0.1) is 0 Å². The minimum absolute atomic E-state index is 0.0297. The molecule has 0 aliphatic heterocycles. The van der Waals surface area contributed by atoms with Gasteiger partial charge in [-0.25, -0.2) is 0 Å². The van der Waals surface area contributed by atoms with Crippen LogP contribution in [-0.4, -0.2) is 17.4 Å². The van der Waals surface area contributed by atoms with E-state index in [0.717, 1.165) is 30.5 Å². The van der Waals surface area contributed by atoms with Gasteiger partial charge in [-0.05, 0) is 48.6 Å². The third-order valence-electron chi connectivity index (χ3n) is 4.47. The molecule has 7 heteroatoms. The van der Waals surface area contributed by atoms with Gasteiger partial charge in [-0.1, -0.05) is 18.2 Å². The SMILES string of the molecule is Nc1ccc2c(c1)CCCC2NC(=O)CCOc1ccccc1[N+](=O)[O-]. The zero-order chi connectivity index (χ0) is 18.5. The molecule has 1 atom stereocenters. The molecule has 2 aromatic rings. The number of nitrogen functional groups attached to an aromatic ring is 1. The normalized spacial score (nSPS) is 15.8. The van der Waals surface area contributed by atoms with Gasteiger partial charge in [-0.3, -0.25) is 14.9 Å². The molecule has 0 bridgehead atoms. The Morgan fingerprint density at radius 3 is 2.92 bits per heavy atom. The number of carbonyl (C=O) groups excluding carboxylic acids is 1. The summed E-state index contributed by atoms with van der Waals surface area (Å²) in [7, 11) is 0. The first kappa shape index (κ1) is 17.7. The third kappa shape index (κ3) is 4.11. The van der Waals surface area contributed by atoms with Crippen LogP contribution in [0, 0.1) is 10.1 Å². The molecule has 26 heavy (non-hydrogen) atoms. The van der Waals surface area contributed by atoms with Crippen molar-refractivity contribution < 1.29 is 14.5 Å². The number of amides is 1. The van der Waals surface area contributed by atoms with Gasteiger partial charge in [0.25, 0.3) is 0 Å². The summed E-state index contributed by atoms with van der Waals surface area (Å²) in [5.74, 6) is 0.0297. The Morgan fingerprint density at radius 2 is 2.12 bits per heavy atom. The molecule has 0 fully saturated rings. The minimum Gasteiger partial charge on any atom is -0.486 e. The van der Waals surface area contributed by atoms with Crippen molar-refractivity contribution in [2.24, 2.45) is 0 Å².